The van der Waals surface area contributed by atoms with Gasteiger partial charge in [0, 0.05) is 6.54 Å². The molecule has 1 rings (SSSR count). The molecule has 0 saturated carbocycles. The monoisotopic (exact) mass is 239 g/mol. The molecule has 1 unspecified atom stereocenters. The molecule has 0 aliphatic heterocycles. The fraction of sp³-hybridized carbons (Fsp3) is 0.333. The van der Waals surface area contributed by atoms with Crippen LogP contribution in [0.25, 0.3) is 0 Å². The van der Waals surface area contributed by atoms with Crippen molar-refractivity contribution in [1.29, 1.82) is 0 Å². The highest BCUT2D eigenvalue weighted by molar-refractivity contribution is 6.18. The zero-order chi connectivity index (χ0) is 11.4. The molecule has 15 heavy (non-hydrogen) atoms. The van der Waals surface area contributed by atoms with E-state index in [0.717, 1.165) is 6.07 Å². The molecule has 0 saturated heterocycles. The van der Waals surface area contributed by atoms with Gasteiger partial charge in [0.2, 0.25) is 0 Å². The van der Waals surface area contributed by atoms with Crippen molar-refractivity contribution in [1.82, 2.24) is 0 Å². The predicted molar refractivity (Wildman–Crippen MR) is 51.5 cm³/mol. The first-order chi connectivity index (χ1) is 7.06. The van der Waals surface area contributed by atoms with Crippen LogP contribution in [0.1, 0.15) is 0 Å². The number of hydrogen-bond donors (Lipinski definition) is 2. The molecule has 0 fully saturated rings. The fourth-order valence-electron chi connectivity index (χ4n) is 0.964. The Bertz CT molecular complexity index is 348. The summed E-state index contributed by atoms with van der Waals surface area (Å²) in [4.78, 5) is 0. The Morgan fingerprint density at radius 3 is 2.47 bits per heavy atom. The lowest BCUT2D eigenvalue weighted by molar-refractivity contribution is 0.211. The van der Waals surface area contributed by atoms with Gasteiger partial charge in [0.25, 0.3) is 0 Å². The van der Waals surface area contributed by atoms with Crippen molar-refractivity contribution in [2.75, 3.05) is 17.7 Å². The maximum absolute atomic E-state index is 13.0. The van der Waals surface area contributed by atoms with E-state index < -0.39 is 29.2 Å². The van der Waals surface area contributed by atoms with E-state index in [4.69, 9.17) is 16.7 Å². The molecular weight excluding hydrogens is 231 g/mol. The van der Waals surface area contributed by atoms with Crippen LogP contribution in [-0.4, -0.2) is 23.6 Å². The first kappa shape index (κ1) is 12.1. The summed E-state index contributed by atoms with van der Waals surface area (Å²) in [6, 6.07) is 1.49. The molecular formula is C9H9ClF3NO. The summed E-state index contributed by atoms with van der Waals surface area (Å²) in [6.45, 7) is -0.152. The smallest absolute Gasteiger partial charge is 0.184 e. The number of aliphatic hydroxyl groups is 1. The minimum Gasteiger partial charge on any atom is -0.390 e. The molecule has 0 aliphatic rings. The topological polar surface area (TPSA) is 32.3 Å². The molecule has 0 bridgehead atoms. The molecule has 2 N–H and O–H groups in total. The van der Waals surface area contributed by atoms with E-state index in [1.54, 1.807) is 0 Å². The number of rotatable bonds is 4. The van der Waals surface area contributed by atoms with Crippen molar-refractivity contribution >= 4 is 17.3 Å². The van der Waals surface area contributed by atoms with Gasteiger partial charge in [0.15, 0.2) is 11.6 Å². The summed E-state index contributed by atoms with van der Waals surface area (Å²) in [7, 11) is 0. The molecule has 84 valence electrons. The van der Waals surface area contributed by atoms with Crippen LogP contribution in [0.15, 0.2) is 12.1 Å². The average Bonchev–Trinajstić information content (AvgIpc) is 2.23. The predicted octanol–water partition coefficient (Wildman–Crippen LogP) is 2.12. The van der Waals surface area contributed by atoms with Crippen molar-refractivity contribution in [2.24, 2.45) is 0 Å². The van der Waals surface area contributed by atoms with Crippen molar-refractivity contribution in [3.8, 4) is 0 Å². The molecule has 1 atom stereocenters. The summed E-state index contributed by atoms with van der Waals surface area (Å²) in [5, 5.41) is 11.3. The van der Waals surface area contributed by atoms with Crippen LogP contribution in [0.2, 0.25) is 0 Å². The lowest BCUT2D eigenvalue weighted by Gasteiger charge is -2.11. The van der Waals surface area contributed by atoms with Crippen LogP contribution < -0.4 is 5.32 Å². The van der Waals surface area contributed by atoms with E-state index in [9.17, 15) is 13.2 Å². The van der Waals surface area contributed by atoms with Crippen LogP contribution >= 0.6 is 11.6 Å². The van der Waals surface area contributed by atoms with Gasteiger partial charge in [0.05, 0.1) is 12.0 Å². The van der Waals surface area contributed by atoms with Gasteiger partial charge < -0.3 is 10.4 Å². The quantitative estimate of drug-likeness (QED) is 0.623. The number of hydrogen-bond acceptors (Lipinski definition) is 2. The van der Waals surface area contributed by atoms with E-state index >= 15 is 0 Å². The maximum Gasteiger partial charge on any atom is 0.184 e. The van der Waals surface area contributed by atoms with E-state index in [1.807, 2.05) is 0 Å². The summed E-state index contributed by atoms with van der Waals surface area (Å²) < 4.78 is 38.7. The van der Waals surface area contributed by atoms with Gasteiger partial charge in [-0.1, -0.05) is 0 Å². The van der Waals surface area contributed by atoms with Crippen LogP contribution in [0.4, 0.5) is 18.9 Å². The van der Waals surface area contributed by atoms with Gasteiger partial charge in [-0.2, -0.15) is 0 Å². The zero-order valence-electron chi connectivity index (χ0n) is 7.61. The molecule has 0 radical (unpaired) electrons. The normalized spacial score (nSPS) is 12.6. The summed E-state index contributed by atoms with van der Waals surface area (Å²) in [5.74, 6) is -3.46. The van der Waals surface area contributed by atoms with Gasteiger partial charge in [-0.05, 0) is 12.1 Å². The Kier molecular flexibility index (Phi) is 4.23. The van der Waals surface area contributed by atoms with Crippen LogP contribution in [0.3, 0.4) is 0 Å². The van der Waals surface area contributed by atoms with Gasteiger partial charge in [-0.25, -0.2) is 13.2 Å². The lowest BCUT2D eigenvalue weighted by Crippen LogP contribution is -2.22. The molecule has 0 spiro atoms. The highest BCUT2D eigenvalue weighted by atomic mass is 35.5. The van der Waals surface area contributed by atoms with Gasteiger partial charge >= 0.3 is 0 Å². The van der Waals surface area contributed by atoms with Crippen molar-refractivity contribution in [2.45, 2.75) is 6.10 Å². The Balaban J connectivity index is 2.80. The van der Waals surface area contributed by atoms with Crippen molar-refractivity contribution < 1.29 is 18.3 Å². The van der Waals surface area contributed by atoms with Crippen molar-refractivity contribution in [3.05, 3.63) is 29.6 Å². The lowest BCUT2D eigenvalue weighted by atomic mass is 10.2. The van der Waals surface area contributed by atoms with E-state index in [0.29, 0.717) is 6.07 Å². The largest absolute Gasteiger partial charge is 0.390 e. The third-order valence-corrected chi connectivity index (χ3v) is 2.09. The Morgan fingerprint density at radius 1 is 1.27 bits per heavy atom. The highest BCUT2D eigenvalue weighted by Gasteiger charge is 2.14. The van der Waals surface area contributed by atoms with E-state index in [2.05, 4.69) is 5.32 Å². The minimum absolute atomic E-state index is 0.0778. The third kappa shape index (κ3) is 3.00. The molecule has 0 amide bonds. The van der Waals surface area contributed by atoms with E-state index in [1.165, 1.54) is 0 Å². The zero-order valence-corrected chi connectivity index (χ0v) is 8.36. The maximum atomic E-state index is 13.0. The highest BCUT2D eigenvalue weighted by Crippen LogP contribution is 2.20. The minimum atomic E-state index is -1.31. The number of aliphatic hydroxyl groups excluding tert-OH is 1. The Morgan fingerprint density at radius 2 is 1.87 bits per heavy atom. The molecule has 2 nitrogen and oxygen atoms in total. The molecule has 6 heteroatoms. The first-order valence-corrected chi connectivity index (χ1v) is 4.71. The van der Waals surface area contributed by atoms with Gasteiger partial charge in [0.1, 0.15) is 11.5 Å². The number of nitrogens with one attached hydrogen (secondary N) is 1. The van der Waals surface area contributed by atoms with E-state index in [-0.39, 0.29) is 12.4 Å². The summed E-state index contributed by atoms with van der Waals surface area (Å²) >= 11 is 5.28. The second-order valence-corrected chi connectivity index (χ2v) is 3.22. The molecule has 0 aromatic heterocycles. The van der Waals surface area contributed by atoms with Crippen LogP contribution in [0.5, 0.6) is 0 Å². The fourth-order valence-corrected chi connectivity index (χ4v) is 1.07. The molecule has 1 aromatic carbocycles. The number of alkyl halides is 1. The van der Waals surface area contributed by atoms with Gasteiger partial charge in [-0.3, -0.25) is 0 Å². The summed E-state index contributed by atoms with van der Waals surface area (Å²) in [5.41, 5.74) is -0.598. The van der Waals surface area contributed by atoms with Gasteiger partial charge in [-0.15, -0.1) is 11.6 Å². The second kappa shape index (κ2) is 5.23. The van der Waals surface area contributed by atoms with Crippen LogP contribution in [0, 0.1) is 17.5 Å². The SMILES string of the molecule is OC(CCl)CNc1c(F)ccc(F)c1F. The van der Waals surface area contributed by atoms with Crippen molar-refractivity contribution in [3.63, 3.8) is 0 Å². The first-order valence-electron chi connectivity index (χ1n) is 4.17. The summed E-state index contributed by atoms with van der Waals surface area (Å²) in [6.07, 6.45) is -0.950. The Hall–Kier alpha value is -0.940. The number of halogens is 4. The standard InChI is InChI=1S/C9H9ClF3NO/c10-3-5(15)4-14-9-7(12)2-1-6(11)8(9)13/h1-2,5,14-15H,3-4H2. The molecule has 0 aliphatic carbocycles. The third-order valence-electron chi connectivity index (χ3n) is 1.74. The average molecular weight is 240 g/mol. The molecule has 0 heterocycles. The second-order valence-electron chi connectivity index (χ2n) is 2.91. The Labute approximate surface area is 89.7 Å². The van der Waals surface area contributed by atoms with Crippen LogP contribution in [-0.2, 0) is 0 Å². The number of anilines is 1. The number of benzene rings is 1. The molecule has 1 aromatic rings.